The molecule has 0 saturated carbocycles. The molecule has 2 unspecified atom stereocenters. The molecule has 0 bridgehead atoms. The van der Waals surface area contributed by atoms with E-state index in [1.807, 2.05) is 0 Å². The summed E-state index contributed by atoms with van der Waals surface area (Å²) in [6.07, 6.45) is 0.428. The van der Waals surface area contributed by atoms with Crippen molar-refractivity contribution in [2.45, 2.75) is 18.6 Å². The van der Waals surface area contributed by atoms with Gasteiger partial charge in [-0.1, -0.05) is 146 Å². The van der Waals surface area contributed by atoms with Crippen LogP contribution in [-0.2, 0) is 0 Å². The van der Waals surface area contributed by atoms with Crippen molar-refractivity contribution in [3.63, 3.8) is 0 Å². The van der Waals surface area contributed by atoms with Gasteiger partial charge in [-0.2, -0.15) is 0 Å². The van der Waals surface area contributed by atoms with Crippen molar-refractivity contribution < 1.29 is 5.11 Å². The second kappa shape index (κ2) is 11.7. The Morgan fingerprint density at radius 3 is 1.42 bits per heavy atom. The fourth-order valence-corrected chi connectivity index (χ4v) is 10.4. The highest BCUT2D eigenvalue weighted by Gasteiger charge is 2.41. The highest BCUT2D eigenvalue weighted by atomic mass is 31.1. The quantitative estimate of drug-likeness (QED) is 0.264. The van der Waals surface area contributed by atoms with Crippen LogP contribution in [0.4, 0.5) is 0 Å². The van der Waals surface area contributed by atoms with E-state index in [0.717, 1.165) is 18.5 Å². The van der Waals surface area contributed by atoms with E-state index in [-0.39, 0.29) is 6.04 Å². The molecule has 2 nitrogen and oxygen atoms in total. The molecule has 1 fully saturated rings. The summed E-state index contributed by atoms with van der Waals surface area (Å²) in [5, 5.41) is 18.6. The Labute approximate surface area is 228 Å². The summed E-state index contributed by atoms with van der Waals surface area (Å²) in [7, 11) is -1.52. The van der Waals surface area contributed by atoms with E-state index in [2.05, 4.69) is 150 Å². The minimum Gasteiger partial charge on any atom is -0.387 e. The van der Waals surface area contributed by atoms with Crippen LogP contribution < -0.4 is 26.5 Å². The highest BCUT2D eigenvalue weighted by Crippen LogP contribution is 2.49. The summed E-state index contributed by atoms with van der Waals surface area (Å²) in [6.45, 7) is 0.992. The van der Waals surface area contributed by atoms with E-state index >= 15 is 0 Å². The summed E-state index contributed by atoms with van der Waals surface area (Å²) in [5.74, 6) is 0. The van der Waals surface area contributed by atoms with Crippen molar-refractivity contribution in [2.24, 2.45) is 0 Å². The zero-order chi connectivity index (χ0) is 25.7. The molecule has 0 aromatic heterocycles. The van der Waals surface area contributed by atoms with E-state index in [9.17, 15) is 5.11 Å². The van der Waals surface area contributed by atoms with Crippen molar-refractivity contribution >= 4 is 42.5 Å². The van der Waals surface area contributed by atoms with Crippen molar-refractivity contribution in [3.8, 4) is 0 Å². The first-order valence-electron chi connectivity index (χ1n) is 13.2. The molecule has 188 valence electrons. The van der Waals surface area contributed by atoms with E-state index < -0.39 is 22.1 Å². The maximum Gasteiger partial charge on any atom is 0.0955 e. The molecule has 0 amide bonds. The lowest BCUT2D eigenvalue weighted by Gasteiger charge is -2.48. The van der Waals surface area contributed by atoms with Crippen LogP contribution in [0.5, 0.6) is 0 Å². The number of nitrogens with zero attached hydrogens (tertiary/aromatic N) is 1. The first kappa shape index (κ1) is 25.2. The number of hydrogen-bond acceptors (Lipinski definition) is 2. The summed E-state index contributed by atoms with van der Waals surface area (Å²) in [6, 6.07) is 51.8. The van der Waals surface area contributed by atoms with Crippen molar-refractivity contribution in [3.05, 3.63) is 151 Å². The van der Waals surface area contributed by atoms with Gasteiger partial charge in [0.25, 0.3) is 0 Å². The molecule has 38 heavy (non-hydrogen) atoms. The van der Waals surface area contributed by atoms with Crippen LogP contribution in [0.2, 0.25) is 0 Å². The van der Waals surface area contributed by atoms with Crippen LogP contribution in [0.25, 0.3) is 0 Å². The van der Waals surface area contributed by atoms with Gasteiger partial charge in [-0.15, -0.1) is 0 Å². The van der Waals surface area contributed by atoms with Crippen molar-refractivity contribution in [1.29, 1.82) is 0 Å². The van der Waals surface area contributed by atoms with Gasteiger partial charge in [0, 0.05) is 20.7 Å². The molecular formula is C34H31NOP2. The average molecular weight is 532 g/mol. The monoisotopic (exact) mass is 531 g/mol. The van der Waals surface area contributed by atoms with Gasteiger partial charge in [-0.25, -0.2) is 0 Å². The maximum absolute atomic E-state index is 12.1. The SMILES string of the molecule is OC(c1ccccc1P(c1ccccc1)c1ccccc1)C1CCN1P(c1ccccc1)c1ccccc1. The third-order valence-electron chi connectivity index (χ3n) is 7.18. The summed E-state index contributed by atoms with van der Waals surface area (Å²) in [5.41, 5.74) is 1.05. The van der Waals surface area contributed by atoms with Gasteiger partial charge in [-0.3, -0.25) is 4.67 Å². The van der Waals surface area contributed by atoms with Crippen molar-refractivity contribution in [1.82, 2.24) is 4.67 Å². The first-order chi connectivity index (χ1) is 18.8. The molecule has 0 aliphatic carbocycles. The Bertz CT molecular complexity index is 1370. The Hall–Kier alpha value is -3.12. The molecule has 2 atom stereocenters. The summed E-state index contributed by atoms with van der Waals surface area (Å²) in [4.78, 5) is 0. The topological polar surface area (TPSA) is 23.5 Å². The molecule has 5 aromatic carbocycles. The molecule has 1 heterocycles. The van der Waals surface area contributed by atoms with Gasteiger partial charge in [-0.05, 0) is 46.4 Å². The molecule has 0 spiro atoms. The Balaban J connectivity index is 1.39. The maximum atomic E-state index is 12.1. The minimum absolute atomic E-state index is 0.0751. The van der Waals surface area contributed by atoms with E-state index in [0.29, 0.717) is 0 Å². The second-order valence-corrected chi connectivity index (χ2v) is 13.9. The lowest BCUT2D eigenvalue weighted by atomic mass is 9.95. The molecular weight excluding hydrogens is 500 g/mol. The van der Waals surface area contributed by atoms with Crippen LogP contribution in [0.1, 0.15) is 18.1 Å². The standard InChI is InChI=1S/C34H31NOP2/c36-34(32-25-26-35(32)38(29-19-9-3-10-20-29)30-21-11-4-12-22-30)31-23-13-14-24-33(31)37(27-15-5-1-6-16-27)28-17-7-2-8-18-28/h1-24,32,34,36H,25-26H2. The number of hydrogen-bond donors (Lipinski definition) is 1. The number of rotatable bonds is 8. The predicted molar refractivity (Wildman–Crippen MR) is 164 cm³/mol. The molecule has 0 radical (unpaired) electrons. The van der Waals surface area contributed by atoms with Crippen molar-refractivity contribution in [2.75, 3.05) is 6.54 Å². The Morgan fingerprint density at radius 1 is 0.553 bits per heavy atom. The lowest BCUT2D eigenvalue weighted by Crippen LogP contribution is -2.51. The predicted octanol–water partition coefficient (Wildman–Crippen LogP) is 5.60. The van der Waals surface area contributed by atoms with Crippen LogP contribution >= 0.6 is 16.0 Å². The molecule has 1 saturated heterocycles. The fourth-order valence-electron chi connectivity index (χ4n) is 5.28. The third-order valence-corrected chi connectivity index (χ3v) is 12.3. The number of aliphatic hydroxyl groups excluding tert-OH is 1. The molecule has 1 aliphatic rings. The normalized spacial score (nSPS) is 16.3. The minimum atomic E-state index is -0.795. The summed E-state index contributed by atoms with van der Waals surface area (Å²) >= 11 is 0. The molecule has 6 rings (SSSR count). The van der Waals surface area contributed by atoms with E-state index in [1.54, 1.807) is 0 Å². The zero-order valence-corrected chi connectivity index (χ0v) is 23.0. The van der Waals surface area contributed by atoms with E-state index in [4.69, 9.17) is 0 Å². The van der Waals surface area contributed by atoms with Gasteiger partial charge in [0.05, 0.1) is 6.10 Å². The first-order valence-corrected chi connectivity index (χ1v) is 15.8. The van der Waals surface area contributed by atoms with Gasteiger partial charge in [0.2, 0.25) is 0 Å². The average Bonchev–Trinajstić information content (AvgIpc) is 2.97. The van der Waals surface area contributed by atoms with Crippen LogP contribution in [0.3, 0.4) is 0 Å². The number of benzene rings is 5. The third kappa shape index (κ3) is 5.11. The zero-order valence-electron chi connectivity index (χ0n) is 21.2. The van der Waals surface area contributed by atoms with Crippen LogP contribution in [0.15, 0.2) is 146 Å². The smallest absolute Gasteiger partial charge is 0.0955 e. The van der Waals surface area contributed by atoms with Crippen LogP contribution in [-0.4, -0.2) is 22.4 Å². The van der Waals surface area contributed by atoms with Gasteiger partial charge < -0.3 is 5.11 Å². The van der Waals surface area contributed by atoms with Gasteiger partial charge in [0.15, 0.2) is 0 Å². The molecule has 1 aliphatic heterocycles. The van der Waals surface area contributed by atoms with Gasteiger partial charge in [0.1, 0.15) is 0 Å². The van der Waals surface area contributed by atoms with E-state index in [1.165, 1.54) is 26.5 Å². The Morgan fingerprint density at radius 2 is 0.974 bits per heavy atom. The lowest BCUT2D eigenvalue weighted by molar-refractivity contribution is 0.0418. The number of aliphatic hydroxyl groups is 1. The summed E-state index contributed by atoms with van der Waals surface area (Å²) < 4.78 is 2.55. The highest BCUT2D eigenvalue weighted by molar-refractivity contribution is 7.80. The fraction of sp³-hybridized carbons (Fsp3) is 0.118. The molecule has 4 heteroatoms. The molecule has 5 aromatic rings. The Kier molecular flexibility index (Phi) is 7.77. The second-order valence-electron chi connectivity index (χ2n) is 9.51. The largest absolute Gasteiger partial charge is 0.387 e. The molecule has 1 N–H and O–H groups in total. The van der Waals surface area contributed by atoms with Crippen LogP contribution in [0, 0.1) is 0 Å². The van der Waals surface area contributed by atoms with Gasteiger partial charge >= 0.3 is 0 Å².